The van der Waals surface area contributed by atoms with Crippen molar-refractivity contribution in [1.82, 2.24) is 34.9 Å². The van der Waals surface area contributed by atoms with Gasteiger partial charge in [0, 0.05) is 25.2 Å². The average Bonchev–Trinajstić information content (AvgIpc) is 3.52. The van der Waals surface area contributed by atoms with Gasteiger partial charge in [0.15, 0.2) is 11.6 Å². The standard InChI is InChI=1S/C23H21F6N7O2/c1-12(34-20(37)14-5-15(22(24,25)26)7-16(6-14)23(27,28)29)19-32-11-33-36(19)18-8-17(30-10-31-18)21(38)35(2)9-13-3-4-13/h5-8,10-13H,3-4,9H2,1-2H3,(H,34,37)/t12-/m0/s1. The van der Waals surface area contributed by atoms with Crippen LogP contribution >= 0.6 is 0 Å². The van der Waals surface area contributed by atoms with Crippen molar-refractivity contribution in [3.63, 3.8) is 0 Å². The van der Waals surface area contributed by atoms with Crippen LogP contribution in [0.2, 0.25) is 0 Å². The summed E-state index contributed by atoms with van der Waals surface area (Å²) in [6.07, 6.45) is -5.84. The number of amides is 2. The molecule has 1 fully saturated rings. The zero-order valence-electron chi connectivity index (χ0n) is 20.0. The Bertz CT molecular complexity index is 1320. The molecule has 0 aliphatic heterocycles. The zero-order valence-corrected chi connectivity index (χ0v) is 20.0. The van der Waals surface area contributed by atoms with Gasteiger partial charge in [0.25, 0.3) is 11.8 Å². The molecule has 1 aliphatic rings. The second-order valence-electron chi connectivity index (χ2n) is 8.91. The van der Waals surface area contributed by atoms with Gasteiger partial charge in [-0.2, -0.15) is 36.1 Å². The number of nitrogens with one attached hydrogen (secondary N) is 1. The van der Waals surface area contributed by atoms with E-state index in [1.54, 1.807) is 11.9 Å². The first-order chi connectivity index (χ1) is 17.7. The van der Waals surface area contributed by atoms with Gasteiger partial charge in [0.05, 0.1) is 17.2 Å². The maximum absolute atomic E-state index is 13.2. The van der Waals surface area contributed by atoms with Gasteiger partial charge in [-0.25, -0.2) is 15.0 Å². The fourth-order valence-electron chi connectivity index (χ4n) is 3.70. The van der Waals surface area contributed by atoms with Crippen molar-refractivity contribution in [2.45, 2.75) is 38.2 Å². The molecule has 0 bridgehead atoms. The normalized spacial score (nSPS) is 14.7. The maximum atomic E-state index is 13.2. The van der Waals surface area contributed by atoms with Crippen LogP contribution in [0.25, 0.3) is 5.82 Å². The lowest BCUT2D eigenvalue weighted by atomic mass is 10.0. The molecule has 2 amide bonds. The number of halogens is 6. The SMILES string of the molecule is C[C@H](NC(=O)c1cc(C(F)(F)F)cc(C(F)(F)F)c1)c1ncnn1-c1cc(C(=O)N(C)CC2CC2)ncn1. The Balaban J connectivity index is 1.57. The highest BCUT2D eigenvalue weighted by molar-refractivity contribution is 5.95. The second kappa shape index (κ2) is 10.0. The molecule has 1 N–H and O–H groups in total. The molecule has 4 rings (SSSR count). The van der Waals surface area contributed by atoms with Crippen LogP contribution in [0.3, 0.4) is 0 Å². The van der Waals surface area contributed by atoms with E-state index in [0.717, 1.165) is 25.5 Å². The summed E-state index contributed by atoms with van der Waals surface area (Å²) < 4.78 is 80.2. The molecule has 9 nitrogen and oxygen atoms in total. The van der Waals surface area contributed by atoms with E-state index in [1.807, 2.05) is 0 Å². The van der Waals surface area contributed by atoms with Gasteiger partial charge in [-0.05, 0) is 43.9 Å². The van der Waals surface area contributed by atoms with Gasteiger partial charge in [0.2, 0.25) is 0 Å². The fraction of sp³-hybridized carbons (Fsp3) is 0.391. The molecule has 2 aromatic heterocycles. The summed E-state index contributed by atoms with van der Waals surface area (Å²) in [6, 6.07) is 0.944. The van der Waals surface area contributed by atoms with E-state index in [2.05, 4.69) is 25.4 Å². The quantitative estimate of drug-likeness (QED) is 0.452. The first-order valence-electron chi connectivity index (χ1n) is 11.3. The molecular weight excluding hydrogens is 520 g/mol. The first-order valence-corrected chi connectivity index (χ1v) is 11.3. The van der Waals surface area contributed by atoms with Crippen molar-refractivity contribution < 1.29 is 35.9 Å². The van der Waals surface area contributed by atoms with E-state index < -0.39 is 41.0 Å². The van der Waals surface area contributed by atoms with E-state index in [1.165, 1.54) is 17.7 Å². The van der Waals surface area contributed by atoms with Crippen LogP contribution in [0, 0.1) is 5.92 Å². The molecule has 15 heteroatoms. The van der Waals surface area contributed by atoms with E-state index in [9.17, 15) is 35.9 Å². The molecule has 0 radical (unpaired) electrons. The van der Waals surface area contributed by atoms with Crippen LogP contribution < -0.4 is 5.32 Å². The Hall–Kier alpha value is -4.04. The van der Waals surface area contributed by atoms with Crippen molar-refractivity contribution in [3.8, 4) is 5.82 Å². The molecule has 1 saturated carbocycles. The van der Waals surface area contributed by atoms with E-state index in [0.29, 0.717) is 24.6 Å². The third-order valence-electron chi connectivity index (χ3n) is 5.82. The minimum atomic E-state index is -5.10. The number of benzene rings is 1. The van der Waals surface area contributed by atoms with Gasteiger partial charge < -0.3 is 10.2 Å². The lowest BCUT2D eigenvalue weighted by Crippen LogP contribution is -2.30. The summed E-state index contributed by atoms with van der Waals surface area (Å²) in [7, 11) is 1.65. The molecule has 3 aromatic rings. The van der Waals surface area contributed by atoms with Crippen molar-refractivity contribution in [2.24, 2.45) is 5.92 Å². The number of nitrogens with zero attached hydrogens (tertiary/aromatic N) is 6. The summed E-state index contributed by atoms with van der Waals surface area (Å²) in [6.45, 7) is 1.99. The zero-order chi connectivity index (χ0) is 27.8. The number of hydrogen-bond donors (Lipinski definition) is 1. The van der Waals surface area contributed by atoms with E-state index in [4.69, 9.17) is 0 Å². The van der Waals surface area contributed by atoms with E-state index >= 15 is 0 Å². The molecule has 2 heterocycles. The minimum absolute atomic E-state index is 0.0600. The number of alkyl halides is 6. The molecule has 0 spiro atoms. The monoisotopic (exact) mass is 541 g/mol. The predicted octanol–water partition coefficient (Wildman–Crippen LogP) is 4.07. The molecule has 1 atom stereocenters. The van der Waals surface area contributed by atoms with Crippen LogP contribution in [0.15, 0.2) is 36.9 Å². The van der Waals surface area contributed by atoms with E-state index in [-0.39, 0.29) is 29.3 Å². The number of rotatable bonds is 7. The Kier molecular flexibility index (Phi) is 7.12. The molecule has 1 aromatic carbocycles. The third kappa shape index (κ3) is 6.08. The minimum Gasteiger partial charge on any atom is -0.342 e. The summed E-state index contributed by atoms with van der Waals surface area (Å²) >= 11 is 0. The highest BCUT2D eigenvalue weighted by Crippen LogP contribution is 2.36. The maximum Gasteiger partial charge on any atom is 0.416 e. The number of hydrogen-bond acceptors (Lipinski definition) is 6. The molecule has 0 unspecified atom stereocenters. The average molecular weight is 541 g/mol. The number of aromatic nitrogens is 5. The predicted molar refractivity (Wildman–Crippen MR) is 119 cm³/mol. The lowest BCUT2D eigenvalue weighted by Gasteiger charge is -2.18. The summed E-state index contributed by atoms with van der Waals surface area (Å²) in [5, 5.41) is 6.36. The van der Waals surface area contributed by atoms with Gasteiger partial charge in [-0.1, -0.05) is 0 Å². The molecule has 202 valence electrons. The third-order valence-corrected chi connectivity index (χ3v) is 5.82. The molecule has 0 saturated heterocycles. The van der Waals surface area contributed by atoms with Crippen LogP contribution in [-0.4, -0.2) is 55.0 Å². The lowest BCUT2D eigenvalue weighted by molar-refractivity contribution is -0.143. The summed E-state index contributed by atoms with van der Waals surface area (Å²) in [5.41, 5.74) is -3.98. The largest absolute Gasteiger partial charge is 0.416 e. The highest BCUT2D eigenvalue weighted by Gasteiger charge is 2.37. The van der Waals surface area contributed by atoms with Crippen LogP contribution in [0.5, 0.6) is 0 Å². The Morgan fingerprint density at radius 1 is 1.00 bits per heavy atom. The van der Waals surface area contributed by atoms with Crippen LogP contribution in [0.4, 0.5) is 26.3 Å². The summed E-state index contributed by atoms with van der Waals surface area (Å²) in [5.74, 6) is -0.891. The topological polar surface area (TPSA) is 106 Å². The highest BCUT2D eigenvalue weighted by atomic mass is 19.4. The van der Waals surface area contributed by atoms with Crippen molar-refractivity contribution in [2.75, 3.05) is 13.6 Å². The summed E-state index contributed by atoms with van der Waals surface area (Å²) in [4.78, 5) is 39.1. The fourth-order valence-corrected chi connectivity index (χ4v) is 3.70. The Morgan fingerprint density at radius 2 is 1.63 bits per heavy atom. The molecule has 1 aliphatic carbocycles. The van der Waals surface area contributed by atoms with Crippen molar-refractivity contribution >= 4 is 11.8 Å². The van der Waals surface area contributed by atoms with Gasteiger partial charge >= 0.3 is 12.4 Å². The number of carbonyl (C=O) groups is 2. The van der Waals surface area contributed by atoms with Crippen LogP contribution in [-0.2, 0) is 12.4 Å². The van der Waals surface area contributed by atoms with Gasteiger partial charge in [0.1, 0.15) is 18.3 Å². The van der Waals surface area contributed by atoms with Crippen molar-refractivity contribution in [1.29, 1.82) is 0 Å². The Morgan fingerprint density at radius 3 is 2.21 bits per heavy atom. The van der Waals surface area contributed by atoms with Crippen molar-refractivity contribution in [3.05, 3.63) is 65.1 Å². The van der Waals surface area contributed by atoms with Gasteiger partial charge in [-0.15, -0.1) is 0 Å². The second-order valence-corrected chi connectivity index (χ2v) is 8.91. The smallest absolute Gasteiger partial charge is 0.342 e. The Labute approximate surface area is 211 Å². The first kappa shape index (κ1) is 27.0. The van der Waals surface area contributed by atoms with Gasteiger partial charge in [-0.3, -0.25) is 9.59 Å². The molecule has 38 heavy (non-hydrogen) atoms. The molecular formula is C23H21F6N7O2. The van der Waals surface area contributed by atoms with Crippen LogP contribution in [0.1, 0.15) is 63.6 Å². The number of carbonyl (C=O) groups excluding carboxylic acids is 2.